The molecule has 156 valence electrons. The lowest BCUT2D eigenvalue weighted by atomic mass is 10.2. The number of hydrogen-bond donors (Lipinski definition) is 1. The van der Waals surface area contributed by atoms with E-state index >= 15 is 0 Å². The Bertz CT molecular complexity index is 1360. The molecule has 0 saturated heterocycles. The molecule has 6 nitrogen and oxygen atoms in total. The maximum Gasteiger partial charge on any atom is 0.291 e. The fourth-order valence-corrected chi connectivity index (χ4v) is 3.89. The summed E-state index contributed by atoms with van der Waals surface area (Å²) >= 11 is 1.41. The Hall–Kier alpha value is -3.28. The van der Waals surface area contributed by atoms with Gasteiger partial charge in [-0.2, -0.15) is 5.10 Å². The first-order chi connectivity index (χ1) is 14.2. The van der Waals surface area contributed by atoms with Crippen molar-refractivity contribution in [1.82, 2.24) is 14.2 Å². The molecule has 0 saturated carbocycles. The molecule has 1 amide bonds. The number of nitrogens with one attached hydrogen (secondary N) is 1. The van der Waals surface area contributed by atoms with Gasteiger partial charge in [-0.1, -0.05) is 6.92 Å². The Kier molecular flexibility index (Phi) is 4.80. The molecule has 0 bridgehead atoms. The number of rotatable bonds is 4. The van der Waals surface area contributed by atoms with Crippen molar-refractivity contribution in [2.24, 2.45) is 0 Å². The topological polar surface area (TPSA) is 68.4 Å². The normalized spacial score (nSPS) is 11.5. The lowest BCUT2D eigenvalue weighted by Crippen LogP contribution is -2.32. The fourth-order valence-electron chi connectivity index (χ4n) is 3.09. The Morgan fingerprint density at radius 2 is 1.70 bits per heavy atom. The Morgan fingerprint density at radius 3 is 2.33 bits per heavy atom. The maximum atomic E-state index is 13.8. The largest absolute Gasteiger partial charge is 0.319 e. The SMILES string of the molecule is CCc1nn(CC(=O)Nc2c(F)c(F)c(F)c(F)c2F)c(=O)c2cc3sccc3n12. The molecule has 0 aliphatic heterocycles. The molecule has 4 rings (SSSR count). The number of carbonyl (C=O) groups is 1. The third-order valence-corrected chi connectivity index (χ3v) is 5.31. The van der Waals surface area contributed by atoms with Crippen LogP contribution in [0.3, 0.4) is 0 Å². The molecule has 0 aliphatic rings. The third kappa shape index (κ3) is 2.95. The summed E-state index contributed by atoms with van der Waals surface area (Å²) in [4.78, 5) is 24.9. The van der Waals surface area contributed by atoms with Gasteiger partial charge in [0.1, 0.15) is 23.6 Å². The summed E-state index contributed by atoms with van der Waals surface area (Å²) in [5.74, 6) is -11.8. The smallest absolute Gasteiger partial charge is 0.291 e. The zero-order valence-electron chi connectivity index (χ0n) is 15.1. The summed E-state index contributed by atoms with van der Waals surface area (Å²) in [6.07, 6.45) is 0.398. The van der Waals surface area contributed by atoms with Crippen LogP contribution < -0.4 is 10.9 Å². The molecule has 0 fully saturated rings. The van der Waals surface area contributed by atoms with E-state index in [-0.39, 0.29) is 5.52 Å². The number of hydrogen-bond acceptors (Lipinski definition) is 4. The summed E-state index contributed by atoms with van der Waals surface area (Å²) in [7, 11) is 0. The molecule has 3 heterocycles. The van der Waals surface area contributed by atoms with Gasteiger partial charge < -0.3 is 5.32 Å². The minimum atomic E-state index is -2.34. The predicted molar refractivity (Wildman–Crippen MR) is 99.1 cm³/mol. The number of carbonyl (C=O) groups excluding carboxylic acids is 1. The van der Waals surface area contributed by atoms with Gasteiger partial charge >= 0.3 is 0 Å². The third-order valence-electron chi connectivity index (χ3n) is 4.45. The van der Waals surface area contributed by atoms with Gasteiger partial charge in [0.25, 0.3) is 5.56 Å². The fraction of sp³-hybridized carbons (Fsp3) is 0.167. The summed E-state index contributed by atoms with van der Waals surface area (Å²) in [5.41, 5.74) is -1.13. The van der Waals surface area contributed by atoms with Crippen LogP contribution in [-0.2, 0) is 17.8 Å². The molecule has 0 spiro atoms. The van der Waals surface area contributed by atoms with Crippen LogP contribution in [0.2, 0.25) is 0 Å². The molecule has 0 aliphatic carbocycles. The quantitative estimate of drug-likeness (QED) is 0.298. The lowest BCUT2D eigenvalue weighted by molar-refractivity contribution is -0.117. The van der Waals surface area contributed by atoms with Crippen LogP contribution in [-0.4, -0.2) is 20.1 Å². The first-order valence-corrected chi connectivity index (χ1v) is 9.42. The van der Waals surface area contributed by atoms with Gasteiger partial charge in [-0.05, 0) is 17.5 Å². The number of halogens is 5. The van der Waals surface area contributed by atoms with Crippen molar-refractivity contribution in [1.29, 1.82) is 0 Å². The molecule has 1 aromatic carbocycles. The summed E-state index contributed by atoms with van der Waals surface area (Å²) in [6, 6.07) is 3.44. The molecule has 0 radical (unpaired) electrons. The summed E-state index contributed by atoms with van der Waals surface area (Å²) in [5, 5.41) is 7.59. The van der Waals surface area contributed by atoms with Crippen molar-refractivity contribution >= 4 is 38.7 Å². The van der Waals surface area contributed by atoms with Gasteiger partial charge in [-0.15, -0.1) is 11.3 Å². The van der Waals surface area contributed by atoms with Crippen molar-refractivity contribution < 1.29 is 26.7 Å². The van der Waals surface area contributed by atoms with Gasteiger partial charge in [0.15, 0.2) is 23.3 Å². The highest BCUT2D eigenvalue weighted by Crippen LogP contribution is 2.27. The number of thiophene rings is 1. The van der Waals surface area contributed by atoms with Crippen LogP contribution in [0.5, 0.6) is 0 Å². The second kappa shape index (κ2) is 7.20. The van der Waals surface area contributed by atoms with Gasteiger partial charge in [-0.3, -0.25) is 14.0 Å². The molecular weight excluding hydrogens is 431 g/mol. The van der Waals surface area contributed by atoms with E-state index in [2.05, 4.69) is 5.10 Å². The van der Waals surface area contributed by atoms with Gasteiger partial charge in [0.05, 0.1) is 10.2 Å². The minimum absolute atomic E-state index is 0.243. The first kappa shape index (κ1) is 20.0. The monoisotopic (exact) mass is 442 g/mol. The molecule has 12 heteroatoms. The number of amides is 1. The van der Waals surface area contributed by atoms with Gasteiger partial charge in [-0.25, -0.2) is 26.6 Å². The number of nitrogens with zero attached hydrogens (tertiary/aromatic N) is 3. The molecule has 0 unspecified atom stereocenters. The Morgan fingerprint density at radius 1 is 1.07 bits per heavy atom. The number of aromatic nitrogens is 3. The number of fused-ring (bicyclic) bond motifs is 3. The molecule has 4 aromatic rings. The standard InChI is InChI=1S/C18H11F5N4O2S/c1-2-10-25-26(18(29)8-5-9-7(27(8)10)3-4-30-9)6-11(28)24-17-15(22)13(20)12(19)14(21)16(17)23/h3-5H,2,6H2,1H3,(H,24,28). The number of benzene rings is 1. The molecule has 0 atom stereocenters. The second-order valence-corrected chi connectivity index (χ2v) is 7.21. The lowest BCUT2D eigenvalue weighted by Gasteiger charge is -2.12. The zero-order valence-corrected chi connectivity index (χ0v) is 15.9. The molecule has 30 heavy (non-hydrogen) atoms. The highest BCUT2D eigenvalue weighted by atomic mass is 32.1. The first-order valence-electron chi connectivity index (χ1n) is 8.54. The van der Waals surface area contributed by atoms with Crippen molar-refractivity contribution in [3.8, 4) is 0 Å². The van der Waals surface area contributed by atoms with Crippen LogP contribution in [0.15, 0.2) is 22.3 Å². The number of anilines is 1. The van der Waals surface area contributed by atoms with E-state index in [0.717, 1.165) is 14.9 Å². The Labute approximate surface area is 168 Å². The highest BCUT2D eigenvalue weighted by molar-refractivity contribution is 7.17. The molecule has 3 aromatic heterocycles. The average molecular weight is 442 g/mol. The minimum Gasteiger partial charge on any atom is -0.319 e. The van der Waals surface area contributed by atoms with Crippen LogP contribution in [0.25, 0.3) is 15.7 Å². The van der Waals surface area contributed by atoms with Crippen LogP contribution in [0, 0.1) is 29.1 Å². The zero-order chi connectivity index (χ0) is 21.7. The van der Waals surface area contributed by atoms with E-state index in [1.165, 1.54) is 11.3 Å². The van der Waals surface area contributed by atoms with Crippen molar-refractivity contribution in [2.45, 2.75) is 19.9 Å². The van der Waals surface area contributed by atoms with Crippen molar-refractivity contribution in [3.63, 3.8) is 0 Å². The van der Waals surface area contributed by atoms with Crippen LogP contribution >= 0.6 is 11.3 Å². The van der Waals surface area contributed by atoms with E-state index in [1.807, 2.05) is 11.4 Å². The van der Waals surface area contributed by atoms with E-state index in [1.54, 1.807) is 22.7 Å². The van der Waals surface area contributed by atoms with E-state index < -0.39 is 52.8 Å². The summed E-state index contributed by atoms with van der Waals surface area (Å²) in [6.45, 7) is 0.990. The van der Waals surface area contributed by atoms with Crippen molar-refractivity contribution in [3.05, 3.63) is 62.8 Å². The molecular formula is C18H11F5N4O2S. The van der Waals surface area contributed by atoms with Gasteiger partial charge in [0, 0.05) is 6.42 Å². The Balaban J connectivity index is 1.73. The number of aryl methyl sites for hydroxylation is 1. The maximum absolute atomic E-state index is 13.8. The molecule has 1 N–H and O–H groups in total. The summed E-state index contributed by atoms with van der Waals surface area (Å²) < 4.78 is 70.5. The van der Waals surface area contributed by atoms with E-state index in [9.17, 15) is 31.5 Å². The van der Waals surface area contributed by atoms with Gasteiger partial charge in [0.2, 0.25) is 11.7 Å². The highest BCUT2D eigenvalue weighted by Gasteiger charge is 2.27. The van der Waals surface area contributed by atoms with E-state index in [4.69, 9.17) is 0 Å². The van der Waals surface area contributed by atoms with Crippen LogP contribution in [0.4, 0.5) is 27.6 Å². The van der Waals surface area contributed by atoms with Crippen molar-refractivity contribution in [2.75, 3.05) is 5.32 Å². The van der Waals surface area contributed by atoms with E-state index in [0.29, 0.717) is 12.2 Å². The van der Waals surface area contributed by atoms with Crippen LogP contribution in [0.1, 0.15) is 12.7 Å². The second-order valence-electron chi connectivity index (χ2n) is 6.26. The average Bonchev–Trinajstić information content (AvgIpc) is 3.32. The predicted octanol–water partition coefficient (Wildman–Crippen LogP) is 3.61.